The molecular formula is C11H19NO3S. The fourth-order valence-electron chi connectivity index (χ4n) is 2.38. The van der Waals surface area contributed by atoms with Gasteiger partial charge < -0.3 is 9.84 Å². The molecule has 92 valence electrons. The molecule has 0 saturated carbocycles. The Kier molecular flexibility index (Phi) is 4.49. The molecule has 4 nitrogen and oxygen atoms in total. The van der Waals surface area contributed by atoms with Gasteiger partial charge in [0.2, 0.25) is 0 Å². The van der Waals surface area contributed by atoms with Gasteiger partial charge in [0.15, 0.2) is 0 Å². The van der Waals surface area contributed by atoms with Crippen LogP contribution in [0.4, 0.5) is 0 Å². The Bertz CT molecular complexity index is 243. The first-order valence-electron chi connectivity index (χ1n) is 5.87. The average Bonchev–Trinajstić information content (AvgIpc) is 2.73. The maximum atomic E-state index is 10.8. The monoisotopic (exact) mass is 245 g/mol. The number of carbonyl (C=O) groups is 1. The molecule has 0 aromatic carbocycles. The van der Waals surface area contributed by atoms with Gasteiger partial charge in [-0.15, -0.1) is 0 Å². The highest BCUT2D eigenvalue weighted by atomic mass is 32.2. The number of thioether (sulfide) groups is 1. The lowest BCUT2D eigenvalue weighted by Crippen LogP contribution is -2.45. The lowest BCUT2D eigenvalue weighted by atomic mass is 10.1. The number of hydrogen-bond acceptors (Lipinski definition) is 4. The van der Waals surface area contributed by atoms with Crippen LogP contribution in [-0.4, -0.2) is 59.8 Å². The SMILES string of the molecule is O=C(O)CC1CSCCN1CC1CCOC1. The van der Waals surface area contributed by atoms with Crippen LogP contribution < -0.4 is 0 Å². The van der Waals surface area contributed by atoms with Gasteiger partial charge in [0.1, 0.15) is 0 Å². The molecule has 0 aliphatic carbocycles. The molecule has 2 heterocycles. The highest BCUT2D eigenvalue weighted by Crippen LogP contribution is 2.22. The summed E-state index contributed by atoms with van der Waals surface area (Å²) in [4.78, 5) is 13.1. The van der Waals surface area contributed by atoms with Gasteiger partial charge in [0.05, 0.1) is 13.0 Å². The van der Waals surface area contributed by atoms with E-state index in [1.807, 2.05) is 11.8 Å². The summed E-state index contributed by atoms with van der Waals surface area (Å²) in [6.45, 7) is 3.76. The van der Waals surface area contributed by atoms with Crippen LogP contribution in [0.25, 0.3) is 0 Å². The molecule has 2 saturated heterocycles. The smallest absolute Gasteiger partial charge is 0.304 e. The van der Waals surface area contributed by atoms with Crippen LogP contribution in [0.1, 0.15) is 12.8 Å². The fraction of sp³-hybridized carbons (Fsp3) is 0.909. The Labute approximate surface area is 100 Å². The second-order valence-electron chi connectivity index (χ2n) is 4.55. The maximum absolute atomic E-state index is 10.8. The van der Waals surface area contributed by atoms with Crippen molar-refractivity contribution in [3.05, 3.63) is 0 Å². The van der Waals surface area contributed by atoms with Crippen molar-refractivity contribution in [3.8, 4) is 0 Å². The molecule has 16 heavy (non-hydrogen) atoms. The van der Waals surface area contributed by atoms with E-state index in [0.717, 1.165) is 44.2 Å². The fourth-order valence-corrected chi connectivity index (χ4v) is 3.51. The van der Waals surface area contributed by atoms with Gasteiger partial charge in [0, 0.05) is 37.2 Å². The van der Waals surface area contributed by atoms with Gasteiger partial charge in [-0.05, 0) is 12.3 Å². The van der Waals surface area contributed by atoms with Gasteiger partial charge in [-0.3, -0.25) is 9.69 Å². The zero-order valence-electron chi connectivity index (χ0n) is 9.43. The van der Waals surface area contributed by atoms with E-state index in [1.165, 1.54) is 0 Å². The van der Waals surface area contributed by atoms with E-state index in [-0.39, 0.29) is 12.5 Å². The normalized spacial score (nSPS) is 31.8. The van der Waals surface area contributed by atoms with E-state index < -0.39 is 5.97 Å². The highest BCUT2D eigenvalue weighted by Gasteiger charge is 2.28. The first kappa shape index (κ1) is 12.2. The number of ether oxygens (including phenoxy) is 1. The lowest BCUT2D eigenvalue weighted by Gasteiger charge is -2.35. The van der Waals surface area contributed by atoms with Crippen molar-refractivity contribution in [1.29, 1.82) is 0 Å². The van der Waals surface area contributed by atoms with Crippen LogP contribution in [0.3, 0.4) is 0 Å². The number of carboxylic acid groups (broad SMARTS) is 1. The minimum atomic E-state index is -0.680. The van der Waals surface area contributed by atoms with Crippen molar-refractivity contribution in [2.75, 3.05) is 37.8 Å². The van der Waals surface area contributed by atoms with Crippen molar-refractivity contribution < 1.29 is 14.6 Å². The summed E-state index contributed by atoms with van der Waals surface area (Å²) in [5.41, 5.74) is 0. The quantitative estimate of drug-likeness (QED) is 0.798. The van der Waals surface area contributed by atoms with E-state index in [2.05, 4.69) is 4.90 Å². The first-order valence-corrected chi connectivity index (χ1v) is 7.02. The summed E-state index contributed by atoms with van der Waals surface area (Å²) in [5.74, 6) is 2.02. The predicted octanol–water partition coefficient (Wildman–Crippen LogP) is 0.915. The van der Waals surface area contributed by atoms with Crippen LogP contribution in [-0.2, 0) is 9.53 Å². The minimum absolute atomic E-state index is 0.219. The molecule has 0 bridgehead atoms. The van der Waals surface area contributed by atoms with Crippen molar-refractivity contribution in [3.63, 3.8) is 0 Å². The summed E-state index contributed by atoms with van der Waals surface area (Å²) in [6, 6.07) is 0.219. The van der Waals surface area contributed by atoms with Crippen molar-refractivity contribution >= 4 is 17.7 Å². The van der Waals surface area contributed by atoms with Gasteiger partial charge in [-0.1, -0.05) is 0 Å². The highest BCUT2D eigenvalue weighted by molar-refractivity contribution is 7.99. The van der Waals surface area contributed by atoms with Gasteiger partial charge in [0.25, 0.3) is 0 Å². The Hall–Kier alpha value is -0.260. The summed E-state index contributed by atoms with van der Waals surface area (Å²) in [7, 11) is 0. The van der Waals surface area contributed by atoms with Crippen LogP contribution >= 0.6 is 11.8 Å². The van der Waals surface area contributed by atoms with Crippen LogP contribution in [0, 0.1) is 5.92 Å². The zero-order chi connectivity index (χ0) is 11.4. The van der Waals surface area contributed by atoms with Crippen LogP contribution in [0.15, 0.2) is 0 Å². The molecule has 0 aromatic rings. The topological polar surface area (TPSA) is 49.8 Å². The second-order valence-corrected chi connectivity index (χ2v) is 5.70. The predicted molar refractivity (Wildman–Crippen MR) is 63.9 cm³/mol. The summed E-state index contributed by atoms with van der Waals surface area (Å²) in [6.07, 6.45) is 1.41. The van der Waals surface area contributed by atoms with Gasteiger partial charge in [-0.25, -0.2) is 0 Å². The molecule has 2 atom stereocenters. The number of carboxylic acids is 1. The Balaban J connectivity index is 1.85. The summed E-state index contributed by atoms with van der Waals surface area (Å²) < 4.78 is 5.37. The second kappa shape index (κ2) is 5.89. The van der Waals surface area contributed by atoms with Crippen molar-refractivity contribution in [1.82, 2.24) is 4.90 Å². The molecule has 2 rings (SSSR count). The Morgan fingerprint density at radius 2 is 2.44 bits per heavy atom. The number of rotatable bonds is 4. The number of aliphatic carboxylic acids is 1. The molecule has 2 unspecified atom stereocenters. The largest absolute Gasteiger partial charge is 0.481 e. The maximum Gasteiger partial charge on any atom is 0.304 e. The average molecular weight is 245 g/mol. The molecule has 2 aliphatic heterocycles. The number of nitrogens with zero attached hydrogens (tertiary/aromatic N) is 1. The third-order valence-corrected chi connectivity index (χ3v) is 4.37. The first-order chi connectivity index (χ1) is 7.75. The van der Waals surface area contributed by atoms with Crippen LogP contribution in [0.2, 0.25) is 0 Å². The molecule has 2 aliphatic rings. The molecular weight excluding hydrogens is 226 g/mol. The van der Waals surface area contributed by atoms with Crippen molar-refractivity contribution in [2.45, 2.75) is 18.9 Å². The molecule has 5 heteroatoms. The molecule has 2 fully saturated rings. The standard InChI is InChI=1S/C11H19NO3S/c13-11(14)5-10-8-16-4-2-12(10)6-9-1-3-15-7-9/h9-10H,1-8H2,(H,13,14). The zero-order valence-corrected chi connectivity index (χ0v) is 10.2. The minimum Gasteiger partial charge on any atom is -0.481 e. The van der Waals surface area contributed by atoms with E-state index in [9.17, 15) is 4.79 Å². The molecule has 0 spiro atoms. The van der Waals surface area contributed by atoms with E-state index in [1.54, 1.807) is 0 Å². The Morgan fingerprint density at radius 1 is 1.56 bits per heavy atom. The Morgan fingerprint density at radius 3 is 3.12 bits per heavy atom. The van der Waals surface area contributed by atoms with Gasteiger partial charge >= 0.3 is 5.97 Å². The lowest BCUT2D eigenvalue weighted by molar-refractivity contribution is -0.138. The number of hydrogen-bond donors (Lipinski definition) is 1. The summed E-state index contributed by atoms with van der Waals surface area (Å²) >= 11 is 1.87. The molecule has 0 radical (unpaired) electrons. The van der Waals surface area contributed by atoms with E-state index >= 15 is 0 Å². The van der Waals surface area contributed by atoms with Gasteiger partial charge in [-0.2, -0.15) is 11.8 Å². The molecule has 0 aromatic heterocycles. The third kappa shape index (κ3) is 3.37. The molecule has 1 N–H and O–H groups in total. The van der Waals surface area contributed by atoms with E-state index in [0.29, 0.717) is 5.92 Å². The summed E-state index contributed by atoms with van der Waals surface area (Å²) in [5, 5.41) is 8.88. The third-order valence-electron chi connectivity index (χ3n) is 3.28. The molecule has 0 amide bonds. The van der Waals surface area contributed by atoms with Crippen LogP contribution in [0.5, 0.6) is 0 Å². The van der Waals surface area contributed by atoms with E-state index in [4.69, 9.17) is 9.84 Å². The van der Waals surface area contributed by atoms with Crippen molar-refractivity contribution in [2.24, 2.45) is 5.92 Å².